The van der Waals surface area contributed by atoms with Crippen LogP contribution in [0.25, 0.3) is 0 Å². The van der Waals surface area contributed by atoms with Crippen LogP contribution in [0.3, 0.4) is 0 Å². The SMILES string of the molecule is CCCOc1c(I)cc(/C=N\NC(=O)Cn2c(C)cc(COC)c(C#N)c2=O)cc1OCC. The molecular formula is C23H27IN4O5. The zero-order valence-corrected chi connectivity index (χ0v) is 21.3. The van der Waals surface area contributed by atoms with Crippen LogP contribution < -0.4 is 20.5 Å². The topological polar surface area (TPSA) is 115 Å². The van der Waals surface area contributed by atoms with Crippen molar-refractivity contribution in [2.24, 2.45) is 5.10 Å². The maximum Gasteiger partial charge on any atom is 0.269 e. The van der Waals surface area contributed by atoms with E-state index >= 15 is 0 Å². The maximum absolute atomic E-state index is 12.6. The number of pyridine rings is 1. The van der Waals surface area contributed by atoms with Crippen molar-refractivity contribution in [3.63, 3.8) is 0 Å². The van der Waals surface area contributed by atoms with Gasteiger partial charge in [-0.3, -0.25) is 9.59 Å². The Morgan fingerprint density at radius 1 is 1.30 bits per heavy atom. The van der Waals surface area contributed by atoms with Crippen molar-refractivity contribution in [2.75, 3.05) is 20.3 Å². The van der Waals surface area contributed by atoms with Crippen molar-refractivity contribution in [1.29, 1.82) is 5.26 Å². The second kappa shape index (κ2) is 13.0. The molecule has 0 unspecified atom stereocenters. The average molecular weight is 566 g/mol. The van der Waals surface area contributed by atoms with Gasteiger partial charge in [-0.15, -0.1) is 0 Å². The van der Waals surface area contributed by atoms with Crippen molar-refractivity contribution in [3.8, 4) is 17.6 Å². The fraction of sp³-hybridized carbons (Fsp3) is 0.391. The minimum absolute atomic E-state index is 0.0397. The third-order valence-electron chi connectivity index (χ3n) is 4.49. The summed E-state index contributed by atoms with van der Waals surface area (Å²) in [6, 6.07) is 7.21. The lowest BCUT2D eigenvalue weighted by atomic mass is 10.1. The number of aromatic nitrogens is 1. The zero-order chi connectivity index (χ0) is 24.4. The molecule has 9 nitrogen and oxygen atoms in total. The van der Waals surface area contributed by atoms with E-state index < -0.39 is 11.5 Å². The Hall–Kier alpha value is -2.91. The molecule has 176 valence electrons. The van der Waals surface area contributed by atoms with E-state index in [9.17, 15) is 14.9 Å². The number of nitrogens with zero attached hydrogens (tertiary/aromatic N) is 3. The molecule has 2 aromatic rings. The van der Waals surface area contributed by atoms with Gasteiger partial charge in [0.1, 0.15) is 18.2 Å². The average Bonchev–Trinajstić information content (AvgIpc) is 2.77. The number of benzene rings is 1. The molecule has 1 heterocycles. The molecule has 1 aromatic carbocycles. The summed E-state index contributed by atoms with van der Waals surface area (Å²) in [5.41, 5.74) is 3.59. The van der Waals surface area contributed by atoms with Gasteiger partial charge < -0.3 is 18.8 Å². The smallest absolute Gasteiger partial charge is 0.269 e. The molecule has 10 heteroatoms. The number of nitriles is 1. The minimum atomic E-state index is -0.540. The lowest BCUT2D eigenvalue weighted by Crippen LogP contribution is -2.33. The largest absolute Gasteiger partial charge is 0.490 e. The first-order valence-corrected chi connectivity index (χ1v) is 11.5. The van der Waals surface area contributed by atoms with Crippen LogP contribution in [0.5, 0.6) is 11.5 Å². The second-order valence-electron chi connectivity index (χ2n) is 7.03. The fourth-order valence-corrected chi connectivity index (χ4v) is 3.83. The van der Waals surface area contributed by atoms with Crippen LogP contribution in [-0.2, 0) is 22.7 Å². The molecule has 0 saturated carbocycles. The number of ether oxygens (including phenoxy) is 3. The van der Waals surface area contributed by atoms with Crippen molar-refractivity contribution < 1.29 is 19.0 Å². The third kappa shape index (κ3) is 7.03. The van der Waals surface area contributed by atoms with Crippen molar-refractivity contribution in [2.45, 2.75) is 40.3 Å². The van der Waals surface area contributed by atoms with Gasteiger partial charge in [-0.05, 0) is 66.6 Å². The summed E-state index contributed by atoms with van der Waals surface area (Å²) in [4.78, 5) is 25.0. The second-order valence-corrected chi connectivity index (χ2v) is 8.19. The number of hydrogen-bond acceptors (Lipinski definition) is 7. The van der Waals surface area contributed by atoms with E-state index in [0.29, 0.717) is 36.0 Å². The Balaban J connectivity index is 2.16. The van der Waals surface area contributed by atoms with E-state index in [4.69, 9.17) is 14.2 Å². The van der Waals surface area contributed by atoms with Crippen LogP contribution in [0.1, 0.15) is 42.7 Å². The monoisotopic (exact) mass is 566 g/mol. The third-order valence-corrected chi connectivity index (χ3v) is 5.29. The fourth-order valence-electron chi connectivity index (χ4n) is 3.05. The number of carbonyl (C=O) groups is 1. The van der Waals surface area contributed by atoms with E-state index in [-0.39, 0.29) is 18.7 Å². The molecule has 0 saturated heterocycles. The van der Waals surface area contributed by atoms with E-state index in [1.165, 1.54) is 17.9 Å². The number of methoxy groups -OCH3 is 1. The summed E-state index contributed by atoms with van der Waals surface area (Å²) in [6.07, 6.45) is 2.37. The van der Waals surface area contributed by atoms with Gasteiger partial charge in [0, 0.05) is 18.4 Å². The number of nitrogens with one attached hydrogen (secondary N) is 1. The first-order chi connectivity index (χ1) is 15.9. The number of amides is 1. The Bertz CT molecular complexity index is 1120. The molecule has 0 fully saturated rings. The Morgan fingerprint density at radius 3 is 2.70 bits per heavy atom. The molecule has 0 atom stereocenters. The normalized spacial score (nSPS) is 10.8. The number of hydrogen-bond donors (Lipinski definition) is 1. The van der Waals surface area contributed by atoms with Gasteiger partial charge in [-0.1, -0.05) is 6.92 Å². The number of hydrazone groups is 1. The predicted octanol–water partition coefficient (Wildman–Crippen LogP) is 3.12. The summed E-state index contributed by atoms with van der Waals surface area (Å²) in [5.74, 6) is 0.788. The molecule has 2 rings (SSSR count). The van der Waals surface area contributed by atoms with Gasteiger partial charge in [0.15, 0.2) is 11.5 Å². The molecule has 0 radical (unpaired) electrons. The Kier molecular flexibility index (Phi) is 10.3. The van der Waals surface area contributed by atoms with Gasteiger partial charge in [-0.25, -0.2) is 5.43 Å². The van der Waals surface area contributed by atoms with Crippen LogP contribution >= 0.6 is 22.6 Å². The van der Waals surface area contributed by atoms with Crippen LogP contribution in [0.15, 0.2) is 28.1 Å². The molecule has 0 aliphatic carbocycles. The highest BCUT2D eigenvalue weighted by molar-refractivity contribution is 14.1. The predicted molar refractivity (Wildman–Crippen MR) is 133 cm³/mol. The zero-order valence-electron chi connectivity index (χ0n) is 19.1. The van der Waals surface area contributed by atoms with E-state index in [0.717, 1.165) is 15.6 Å². The number of aryl methyl sites for hydroxylation is 1. The van der Waals surface area contributed by atoms with E-state index in [1.807, 2.05) is 26.0 Å². The molecule has 33 heavy (non-hydrogen) atoms. The minimum Gasteiger partial charge on any atom is -0.490 e. The van der Waals surface area contributed by atoms with Gasteiger partial charge in [0.05, 0.1) is 29.6 Å². The summed E-state index contributed by atoms with van der Waals surface area (Å²) < 4.78 is 18.6. The molecule has 0 bridgehead atoms. The molecule has 1 amide bonds. The van der Waals surface area contributed by atoms with Crippen molar-refractivity contribution in [3.05, 3.63) is 54.5 Å². The summed E-state index contributed by atoms with van der Waals surface area (Å²) in [6.45, 7) is 6.55. The summed E-state index contributed by atoms with van der Waals surface area (Å²) in [5, 5.41) is 13.3. The van der Waals surface area contributed by atoms with E-state index in [2.05, 4.69) is 33.1 Å². The highest BCUT2D eigenvalue weighted by Gasteiger charge is 2.15. The lowest BCUT2D eigenvalue weighted by molar-refractivity contribution is -0.121. The van der Waals surface area contributed by atoms with Gasteiger partial charge in [0.25, 0.3) is 11.5 Å². The van der Waals surface area contributed by atoms with Crippen LogP contribution in [-0.4, -0.2) is 37.0 Å². The Labute approximate surface area is 206 Å². The number of carbonyl (C=O) groups excluding carboxylic acids is 1. The first-order valence-electron chi connectivity index (χ1n) is 10.4. The molecule has 1 aromatic heterocycles. The first kappa shape index (κ1) is 26.3. The Morgan fingerprint density at radius 2 is 2.06 bits per heavy atom. The molecular weight excluding hydrogens is 539 g/mol. The maximum atomic E-state index is 12.6. The molecule has 1 N–H and O–H groups in total. The van der Waals surface area contributed by atoms with Gasteiger partial charge in [0.2, 0.25) is 0 Å². The quantitative estimate of drug-likeness (QED) is 0.254. The highest BCUT2D eigenvalue weighted by Crippen LogP contribution is 2.34. The standard InChI is InChI=1S/C23H27IN4O5/c1-5-7-33-22-19(24)9-16(10-20(22)32-6-2)12-26-27-21(29)13-28-15(3)8-17(14-31-4)18(11-25)23(28)30/h8-10,12H,5-7,13-14H2,1-4H3,(H,27,29)/b26-12-. The van der Waals surface area contributed by atoms with Crippen LogP contribution in [0.4, 0.5) is 0 Å². The van der Waals surface area contributed by atoms with Gasteiger partial charge >= 0.3 is 0 Å². The van der Waals surface area contributed by atoms with Crippen molar-refractivity contribution >= 4 is 34.7 Å². The number of halogens is 1. The summed E-state index contributed by atoms with van der Waals surface area (Å²) >= 11 is 2.17. The molecule has 0 aliphatic rings. The highest BCUT2D eigenvalue weighted by atomic mass is 127. The summed E-state index contributed by atoms with van der Waals surface area (Å²) in [7, 11) is 1.48. The lowest BCUT2D eigenvalue weighted by Gasteiger charge is -2.14. The van der Waals surface area contributed by atoms with E-state index in [1.54, 1.807) is 19.1 Å². The van der Waals surface area contributed by atoms with Gasteiger partial charge in [-0.2, -0.15) is 10.4 Å². The number of rotatable bonds is 11. The van der Waals surface area contributed by atoms with Crippen molar-refractivity contribution in [1.82, 2.24) is 9.99 Å². The van der Waals surface area contributed by atoms with Crippen LogP contribution in [0.2, 0.25) is 0 Å². The molecule has 0 spiro atoms. The van der Waals surface area contributed by atoms with Crippen LogP contribution in [0, 0.1) is 21.8 Å². The molecule has 0 aliphatic heterocycles.